The predicted molar refractivity (Wildman–Crippen MR) is 98.4 cm³/mol. The van der Waals surface area contributed by atoms with E-state index in [1.807, 2.05) is 24.3 Å². The molecule has 4 heteroatoms. The highest BCUT2D eigenvalue weighted by molar-refractivity contribution is 14.1. The molecule has 0 amide bonds. The lowest BCUT2D eigenvalue weighted by atomic mass is 10.0. The van der Waals surface area contributed by atoms with Crippen LogP contribution in [0.1, 0.15) is 11.1 Å². The molecule has 2 aromatic carbocycles. The number of hydrogen-bond acceptors (Lipinski definition) is 3. The molecular weight excluding hydrogens is 385 g/mol. The van der Waals surface area contributed by atoms with E-state index in [2.05, 4.69) is 63.2 Å². The molecule has 0 spiro atoms. The zero-order chi connectivity index (χ0) is 14.9. The number of halogens is 1. The van der Waals surface area contributed by atoms with Crippen LogP contribution in [0.4, 0.5) is 17.1 Å². The fraction of sp³-hybridized carbons (Fsp3) is 0. The first-order chi connectivity index (χ1) is 10.8. The topological polar surface area (TPSA) is 37.3 Å². The summed E-state index contributed by atoms with van der Waals surface area (Å²) in [6, 6.07) is 18.5. The highest BCUT2D eigenvalue weighted by atomic mass is 127. The summed E-state index contributed by atoms with van der Waals surface area (Å²) < 4.78 is 1.17. The molecule has 2 heterocycles. The molecule has 1 aromatic heterocycles. The Hall–Kier alpha value is -2.21. The van der Waals surface area contributed by atoms with E-state index in [-0.39, 0.29) is 0 Å². The summed E-state index contributed by atoms with van der Waals surface area (Å²) in [5, 5.41) is 3.50. The Morgan fingerprint density at radius 1 is 0.864 bits per heavy atom. The monoisotopic (exact) mass is 397 g/mol. The quantitative estimate of drug-likeness (QED) is 0.464. The molecule has 0 atom stereocenters. The van der Waals surface area contributed by atoms with Crippen LogP contribution in [0, 0.1) is 3.57 Å². The standard InChI is InChI=1S/C18H12IN3/c19-13-5-6-16-17(11-13)22-18(12-7-9-20-10-8-12)14-3-1-2-4-15(14)21-16/h1-11,21H. The molecule has 3 nitrogen and oxygen atoms in total. The van der Waals surface area contributed by atoms with E-state index in [4.69, 9.17) is 4.99 Å². The number of pyridine rings is 1. The zero-order valence-electron chi connectivity index (χ0n) is 11.6. The third-order valence-corrected chi connectivity index (χ3v) is 4.27. The number of nitrogens with one attached hydrogen (secondary N) is 1. The predicted octanol–water partition coefficient (Wildman–Crippen LogP) is 4.91. The van der Waals surface area contributed by atoms with Crippen LogP contribution >= 0.6 is 22.6 Å². The van der Waals surface area contributed by atoms with Gasteiger partial charge >= 0.3 is 0 Å². The van der Waals surface area contributed by atoms with Gasteiger partial charge in [-0.3, -0.25) is 4.98 Å². The number of nitrogens with zero attached hydrogens (tertiary/aromatic N) is 2. The minimum atomic E-state index is 0.954. The summed E-state index contributed by atoms with van der Waals surface area (Å²) in [6.07, 6.45) is 3.60. The number of aromatic nitrogens is 1. The first-order valence-corrected chi connectivity index (χ1v) is 8.04. The van der Waals surface area contributed by atoms with Crippen molar-refractivity contribution in [3.05, 3.63) is 81.7 Å². The van der Waals surface area contributed by atoms with E-state index in [1.165, 1.54) is 3.57 Å². The lowest BCUT2D eigenvalue weighted by Crippen LogP contribution is -2.04. The maximum absolute atomic E-state index is 4.93. The molecule has 0 bridgehead atoms. The second kappa shape index (κ2) is 5.53. The summed E-state index contributed by atoms with van der Waals surface area (Å²) in [6.45, 7) is 0. The largest absolute Gasteiger partial charge is 0.353 e. The van der Waals surface area contributed by atoms with Crippen LogP contribution in [-0.2, 0) is 0 Å². The van der Waals surface area contributed by atoms with E-state index in [9.17, 15) is 0 Å². The van der Waals surface area contributed by atoms with Gasteiger partial charge in [0.15, 0.2) is 0 Å². The Kier molecular flexibility index (Phi) is 3.38. The number of rotatable bonds is 1. The van der Waals surface area contributed by atoms with Crippen LogP contribution in [0.2, 0.25) is 0 Å². The highest BCUT2D eigenvalue weighted by Crippen LogP contribution is 2.36. The SMILES string of the molecule is Ic1ccc2c(c1)N=C(c1ccncc1)c1ccccc1N2. The summed E-state index contributed by atoms with van der Waals surface area (Å²) in [5.74, 6) is 0. The molecule has 106 valence electrons. The van der Waals surface area contributed by atoms with Crippen LogP contribution in [0.25, 0.3) is 0 Å². The van der Waals surface area contributed by atoms with Gasteiger partial charge in [-0.15, -0.1) is 0 Å². The van der Waals surface area contributed by atoms with Gasteiger partial charge in [0, 0.05) is 32.8 Å². The average Bonchev–Trinajstić information content (AvgIpc) is 2.72. The first-order valence-electron chi connectivity index (χ1n) is 6.96. The van der Waals surface area contributed by atoms with E-state index in [0.717, 1.165) is 33.9 Å². The summed E-state index contributed by atoms with van der Waals surface area (Å²) in [7, 11) is 0. The van der Waals surface area contributed by atoms with E-state index in [0.29, 0.717) is 0 Å². The molecule has 4 rings (SSSR count). The van der Waals surface area contributed by atoms with Crippen LogP contribution < -0.4 is 5.32 Å². The molecular formula is C18H12IN3. The lowest BCUT2D eigenvalue weighted by molar-refractivity contribution is 1.32. The van der Waals surface area contributed by atoms with E-state index >= 15 is 0 Å². The second-order valence-electron chi connectivity index (χ2n) is 5.03. The lowest BCUT2D eigenvalue weighted by Gasteiger charge is -2.10. The summed E-state index contributed by atoms with van der Waals surface area (Å²) >= 11 is 2.31. The Bertz CT molecular complexity index is 873. The minimum Gasteiger partial charge on any atom is -0.353 e. The van der Waals surface area contributed by atoms with Gasteiger partial charge in [0.1, 0.15) is 0 Å². The number of anilines is 2. The normalized spacial score (nSPS) is 12.5. The maximum Gasteiger partial charge on any atom is 0.0882 e. The number of aliphatic imine (C=N–C) groups is 1. The minimum absolute atomic E-state index is 0.954. The molecule has 0 aliphatic carbocycles. The Labute approximate surface area is 142 Å². The number of para-hydroxylation sites is 1. The number of benzene rings is 2. The van der Waals surface area contributed by atoms with E-state index in [1.54, 1.807) is 12.4 Å². The van der Waals surface area contributed by atoms with Crippen LogP contribution in [-0.4, -0.2) is 10.7 Å². The van der Waals surface area contributed by atoms with Gasteiger partial charge in [0.2, 0.25) is 0 Å². The van der Waals surface area contributed by atoms with Crippen molar-refractivity contribution in [2.75, 3.05) is 5.32 Å². The third kappa shape index (κ3) is 2.39. The summed E-state index contributed by atoms with van der Waals surface area (Å²) in [4.78, 5) is 9.04. The molecule has 1 aliphatic heterocycles. The van der Waals surface area contributed by atoms with Crippen molar-refractivity contribution in [2.24, 2.45) is 4.99 Å². The summed E-state index contributed by atoms with van der Waals surface area (Å²) in [5.41, 5.74) is 6.17. The van der Waals surface area contributed by atoms with Gasteiger partial charge in [-0.25, -0.2) is 4.99 Å². The zero-order valence-corrected chi connectivity index (χ0v) is 13.8. The molecule has 3 aromatic rings. The smallest absolute Gasteiger partial charge is 0.0882 e. The van der Waals surface area contributed by atoms with Crippen molar-refractivity contribution in [2.45, 2.75) is 0 Å². The van der Waals surface area contributed by atoms with Gasteiger partial charge in [0.05, 0.1) is 17.1 Å². The van der Waals surface area contributed by atoms with Gasteiger partial charge < -0.3 is 5.32 Å². The molecule has 1 N–H and O–H groups in total. The van der Waals surface area contributed by atoms with Crippen molar-refractivity contribution in [3.8, 4) is 0 Å². The van der Waals surface area contributed by atoms with Crippen molar-refractivity contribution in [1.29, 1.82) is 0 Å². The van der Waals surface area contributed by atoms with Gasteiger partial charge in [0.25, 0.3) is 0 Å². The first kappa shape index (κ1) is 13.5. The van der Waals surface area contributed by atoms with Crippen molar-refractivity contribution in [3.63, 3.8) is 0 Å². The fourth-order valence-electron chi connectivity index (χ4n) is 2.56. The molecule has 0 saturated heterocycles. The van der Waals surface area contributed by atoms with Gasteiger partial charge in [-0.1, -0.05) is 18.2 Å². The molecule has 0 unspecified atom stereocenters. The van der Waals surface area contributed by atoms with Gasteiger partial charge in [-0.05, 0) is 59.0 Å². The van der Waals surface area contributed by atoms with Crippen LogP contribution in [0.3, 0.4) is 0 Å². The average molecular weight is 397 g/mol. The maximum atomic E-state index is 4.93. The van der Waals surface area contributed by atoms with Crippen molar-refractivity contribution >= 4 is 45.4 Å². The third-order valence-electron chi connectivity index (χ3n) is 3.60. The van der Waals surface area contributed by atoms with E-state index < -0.39 is 0 Å². The second-order valence-corrected chi connectivity index (χ2v) is 6.27. The molecule has 0 fully saturated rings. The Balaban J connectivity index is 2.00. The molecule has 0 radical (unpaired) electrons. The Morgan fingerprint density at radius 2 is 1.68 bits per heavy atom. The molecule has 0 saturated carbocycles. The Morgan fingerprint density at radius 3 is 2.55 bits per heavy atom. The number of hydrogen-bond donors (Lipinski definition) is 1. The van der Waals surface area contributed by atoms with Crippen LogP contribution in [0.5, 0.6) is 0 Å². The fourth-order valence-corrected chi connectivity index (χ4v) is 3.03. The van der Waals surface area contributed by atoms with Gasteiger partial charge in [-0.2, -0.15) is 0 Å². The van der Waals surface area contributed by atoms with Crippen LogP contribution in [0.15, 0.2) is 72.0 Å². The molecule has 22 heavy (non-hydrogen) atoms. The highest BCUT2D eigenvalue weighted by Gasteiger charge is 2.17. The molecule has 1 aliphatic rings. The van der Waals surface area contributed by atoms with Crippen molar-refractivity contribution < 1.29 is 0 Å². The van der Waals surface area contributed by atoms with Crippen molar-refractivity contribution in [1.82, 2.24) is 4.98 Å². The number of fused-ring (bicyclic) bond motifs is 2.